The first-order valence-electron chi connectivity index (χ1n) is 4.82. The topological polar surface area (TPSA) is 58.2 Å². The van der Waals surface area contributed by atoms with Crippen LogP contribution in [0.3, 0.4) is 0 Å². The highest BCUT2D eigenvalue weighted by Gasteiger charge is 2.12. The predicted molar refractivity (Wildman–Crippen MR) is 55.7 cm³/mol. The molecule has 2 N–H and O–H groups in total. The van der Waals surface area contributed by atoms with Crippen LogP contribution < -0.4 is 10.6 Å². The number of carbonyl (C=O) groups is 2. The van der Waals surface area contributed by atoms with E-state index in [1.54, 1.807) is 19.9 Å². The van der Waals surface area contributed by atoms with Crippen LogP contribution in [-0.4, -0.2) is 24.4 Å². The highest BCUT2D eigenvalue weighted by atomic mass is 16.2. The Hall–Kier alpha value is -1.32. The third-order valence-electron chi connectivity index (χ3n) is 1.62. The van der Waals surface area contributed by atoms with E-state index in [0.717, 1.165) is 6.42 Å². The summed E-state index contributed by atoms with van der Waals surface area (Å²) in [6.45, 7) is 6.03. The van der Waals surface area contributed by atoms with Crippen LogP contribution in [0.15, 0.2) is 12.2 Å². The Kier molecular flexibility index (Phi) is 6.45. The maximum Gasteiger partial charge on any atom is 0.244 e. The Labute approximate surface area is 84.8 Å². The molecule has 0 aliphatic rings. The first kappa shape index (κ1) is 12.7. The van der Waals surface area contributed by atoms with Crippen molar-refractivity contribution in [2.24, 2.45) is 0 Å². The normalized spacial score (nSPS) is 12.5. The molecule has 0 radical (unpaired) electrons. The van der Waals surface area contributed by atoms with Gasteiger partial charge < -0.3 is 10.6 Å². The van der Waals surface area contributed by atoms with Crippen molar-refractivity contribution in [3.8, 4) is 0 Å². The van der Waals surface area contributed by atoms with Gasteiger partial charge in [-0.15, -0.1) is 0 Å². The van der Waals surface area contributed by atoms with E-state index >= 15 is 0 Å². The van der Waals surface area contributed by atoms with Gasteiger partial charge in [-0.05, 0) is 26.3 Å². The molecule has 4 nitrogen and oxygen atoms in total. The molecule has 0 aromatic rings. The van der Waals surface area contributed by atoms with E-state index in [1.807, 2.05) is 6.92 Å². The molecule has 0 fully saturated rings. The van der Waals surface area contributed by atoms with Crippen LogP contribution in [0.2, 0.25) is 0 Å². The quantitative estimate of drug-likeness (QED) is 0.635. The molecule has 4 heteroatoms. The number of hydrogen-bond donors (Lipinski definition) is 2. The molecule has 0 heterocycles. The molecule has 0 aromatic carbocycles. The number of allylic oxidation sites excluding steroid dienone is 1. The van der Waals surface area contributed by atoms with Crippen LogP contribution in [0.5, 0.6) is 0 Å². The number of amides is 2. The summed E-state index contributed by atoms with van der Waals surface area (Å²) in [5, 5.41) is 5.25. The average molecular weight is 198 g/mol. The molecule has 0 rings (SSSR count). The highest BCUT2D eigenvalue weighted by Crippen LogP contribution is 1.84. The lowest BCUT2D eigenvalue weighted by Gasteiger charge is -2.12. The van der Waals surface area contributed by atoms with Gasteiger partial charge >= 0.3 is 0 Å². The monoisotopic (exact) mass is 198 g/mol. The number of carbonyl (C=O) groups excluding carboxylic acids is 2. The standard InChI is InChI=1S/C10H18N2O2/c1-4-6-9(13)12-8(3)10(14)11-7-5-2/h4,6,8H,5,7H2,1-3H3,(H,11,14)(H,12,13). The summed E-state index contributed by atoms with van der Waals surface area (Å²) in [4.78, 5) is 22.3. The smallest absolute Gasteiger partial charge is 0.244 e. The SMILES string of the molecule is CC=CC(=O)NC(C)C(=O)NCCC. The van der Waals surface area contributed by atoms with Gasteiger partial charge in [-0.1, -0.05) is 13.0 Å². The predicted octanol–water partition coefficient (Wildman–Crippen LogP) is 0.593. The summed E-state index contributed by atoms with van der Waals surface area (Å²) in [5.41, 5.74) is 0. The molecule has 1 unspecified atom stereocenters. The largest absolute Gasteiger partial charge is 0.354 e. The van der Waals surface area contributed by atoms with E-state index in [2.05, 4.69) is 10.6 Å². The third-order valence-corrected chi connectivity index (χ3v) is 1.62. The van der Waals surface area contributed by atoms with Crippen molar-refractivity contribution in [2.75, 3.05) is 6.54 Å². The van der Waals surface area contributed by atoms with E-state index < -0.39 is 6.04 Å². The van der Waals surface area contributed by atoms with Gasteiger partial charge in [0, 0.05) is 6.54 Å². The lowest BCUT2D eigenvalue weighted by Crippen LogP contribution is -2.44. The zero-order valence-electron chi connectivity index (χ0n) is 8.96. The van der Waals surface area contributed by atoms with E-state index in [0.29, 0.717) is 6.54 Å². The second kappa shape index (κ2) is 7.12. The van der Waals surface area contributed by atoms with Crippen molar-refractivity contribution in [3.05, 3.63) is 12.2 Å². The second-order valence-corrected chi connectivity index (χ2v) is 3.02. The van der Waals surface area contributed by atoms with Crippen molar-refractivity contribution >= 4 is 11.8 Å². The van der Waals surface area contributed by atoms with Gasteiger partial charge in [0.1, 0.15) is 6.04 Å². The minimum absolute atomic E-state index is 0.148. The van der Waals surface area contributed by atoms with Crippen molar-refractivity contribution in [3.63, 3.8) is 0 Å². The lowest BCUT2D eigenvalue weighted by atomic mass is 10.3. The zero-order chi connectivity index (χ0) is 11.0. The van der Waals surface area contributed by atoms with Crippen LogP contribution >= 0.6 is 0 Å². The summed E-state index contributed by atoms with van der Waals surface area (Å²) in [5.74, 6) is -0.392. The molecule has 0 saturated carbocycles. The molecule has 0 aliphatic heterocycles. The molecular formula is C10H18N2O2. The van der Waals surface area contributed by atoms with E-state index in [4.69, 9.17) is 0 Å². The minimum atomic E-state index is -0.481. The summed E-state index contributed by atoms with van der Waals surface area (Å²) in [7, 11) is 0. The number of hydrogen-bond acceptors (Lipinski definition) is 2. The van der Waals surface area contributed by atoms with Crippen molar-refractivity contribution in [2.45, 2.75) is 33.2 Å². The maximum atomic E-state index is 11.3. The van der Waals surface area contributed by atoms with Crippen LogP contribution in [0.4, 0.5) is 0 Å². The van der Waals surface area contributed by atoms with Gasteiger partial charge in [0.05, 0.1) is 0 Å². The van der Waals surface area contributed by atoms with Gasteiger partial charge in [0.2, 0.25) is 11.8 Å². The van der Waals surface area contributed by atoms with Crippen LogP contribution in [0.1, 0.15) is 27.2 Å². The van der Waals surface area contributed by atoms with Crippen LogP contribution in [0, 0.1) is 0 Å². The highest BCUT2D eigenvalue weighted by molar-refractivity contribution is 5.92. The Balaban J connectivity index is 3.88. The van der Waals surface area contributed by atoms with E-state index in [1.165, 1.54) is 6.08 Å². The van der Waals surface area contributed by atoms with Gasteiger partial charge in [-0.25, -0.2) is 0 Å². The van der Waals surface area contributed by atoms with Crippen LogP contribution in [-0.2, 0) is 9.59 Å². The van der Waals surface area contributed by atoms with Gasteiger partial charge in [-0.3, -0.25) is 9.59 Å². The van der Waals surface area contributed by atoms with Crippen molar-refractivity contribution in [1.82, 2.24) is 10.6 Å². The van der Waals surface area contributed by atoms with Crippen LogP contribution in [0.25, 0.3) is 0 Å². The summed E-state index contributed by atoms with van der Waals surface area (Å²) < 4.78 is 0. The second-order valence-electron chi connectivity index (χ2n) is 3.02. The first-order valence-corrected chi connectivity index (χ1v) is 4.82. The Morgan fingerprint density at radius 3 is 2.57 bits per heavy atom. The lowest BCUT2D eigenvalue weighted by molar-refractivity contribution is -0.126. The van der Waals surface area contributed by atoms with E-state index in [9.17, 15) is 9.59 Å². The molecule has 80 valence electrons. The first-order chi connectivity index (χ1) is 6.61. The fourth-order valence-corrected chi connectivity index (χ4v) is 0.880. The number of rotatable bonds is 5. The fourth-order valence-electron chi connectivity index (χ4n) is 0.880. The van der Waals surface area contributed by atoms with Gasteiger partial charge in [-0.2, -0.15) is 0 Å². The Morgan fingerprint density at radius 1 is 1.43 bits per heavy atom. The molecule has 0 bridgehead atoms. The molecule has 0 aliphatic carbocycles. The fraction of sp³-hybridized carbons (Fsp3) is 0.600. The summed E-state index contributed by atoms with van der Waals surface area (Å²) >= 11 is 0. The van der Waals surface area contributed by atoms with Crippen molar-refractivity contribution < 1.29 is 9.59 Å². The Morgan fingerprint density at radius 2 is 2.07 bits per heavy atom. The van der Waals surface area contributed by atoms with Gasteiger partial charge in [0.15, 0.2) is 0 Å². The number of nitrogens with one attached hydrogen (secondary N) is 2. The minimum Gasteiger partial charge on any atom is -0.354 e. The Bertz CT molecular complexity index is 224. The molecular weight excluding hydrogens is 180 g/mol. The maximum absolute atomic E-state index is 11.3. The summed E-state index contributed by atoms with van der Waals surface area (Å²) in [6.07, 6.45) is 3.91. The van der Waals surface area contributed by atoms with E-state index in [-0.39, 0.29) is 11.8 Å². The molecule has 14 heavy (non-hydrogen) atoms. The van der Waals surface area contributed by atoms with Gasteiger partial charge in [0.25, 0.3) is 0 Å². The summed E-state index contributed by atoms with van der Waals surface area (Å²) in [6, 6.07) is -0.481. The van der Waals surface area contributed by atoms with Crippen molar-refractivity contribution in [1.29, 1.82) is 0 Å². The molecule has 1 atom stereocenters. The molecule has 0 spiro atoms. The zero-order valence-corrected chi connectivity index (χ0v) is 8.96. The molecule has 2 amide bonds. The average Bonchev–Trinajstić information content (AvgIpc) is 2.14. The molecule has 0 saturated heterocycles. The third kappa shape index (κ3) is 5.35. The molecule has 0 aromatic heterocycles.